The van der Waals surface area contributed by atoms with Gasteiger partial charge in [0.15, 0.2) is 0 Å². The van der Waals surface area contributed by atoms with Crippen molar-refractivity contribution in [2.45, 2.75) is 0 Å². The second-order valence-electron chi connectivity index (χ2n) is 0.516. The van der Waals surface area contributed by atoms with Crippen LogP contribution in [0.4, 0.5) is 9.59 Å². The fraction of sp³-hybridized carbons (Fsp3) is 0. The van der Waals surface area contributed by atoms with E-state index in [1.807, 2.05) is 0 Å². The van der Waals surface area contributed by atoms with E-state index in [9.17, 15) is 0 Å². The van der Waals surface area contributed by atoms with Crippen molar-refractivity contribution in [1.82, 2.24) is 0 Å². The molecule has 0 aliphatic heterocycles. The molecule has 0 amide bonds. The van der Waals surface area contributed by atoms with E-state index >= 15 is 0 Å². The van der Waals surface area contributed by atoms with E-state index in [2.05, 4.69) is 0 Å². The van der Waals surface area contributed by atoms with Gasteiger partial charge in [-0.05, 0) is 6.16 Å². The molecule has 0 heterocycles. The summed E-state index contributed by atoms with van der Waals surface area (Å²) in [4.78, 5) is 16.8. The van der Waals surface area contributed by atoms with Crippen molar-refractivity contribution >= 4 is 12.3 Å². The molecule has 6 nitrogen and oxygen atoms in total. The molecular weight excluding hydrogens is 143 g/mol. The van der Waals surface area contributed by atoms with Crippen molar-refractivity contribution in [2.24, 2.45) is 0 Å². The Kier molecular flexibility index (Phi) is 18.5. The minimum Gasteiger partial charge on any atom is -0.652 e. The van der Waals surface area contributed by atoms with Crippen LogP contribution in [-0.4, -0.2) is 17.4 Å². The van der Waals surface area contributed by atoms with E-state index in [1.54, 1.807) is 0 Å². The van der Waals surface area contributed by atoms with Gasteiger partial charge in [-0.15, -0.1) is 0 Å². The van der Waals surface area contributed by atoms with Crippen molar-refractivity contribution in [3.63, 3.8) is 0 Å². The van der Waals surface area contributed by atoms with Crippen molar-refractivity contribution in [2.75, 3.05) is 0 Å². The summed E-state index contributed by atoms with van der Waals surface area (Å²) in [5.74, 6) is 0. The first kappa shape index (κ1) is 15.8. The van der Waals surface area contributed by atoms with Crippen LogP contribution in [0.1, 0.15) is 0 Å². The van der Waals surface area contributed by atoms with Gasteiger partial charge in [-0.2, -0.15) is 0 Å². The van der Waals surface area contributed by atoms with E-state index in [4.69, 9.17) is 30.0 Å². The fourth-order valence-corrected chi connectivity index (χ4v) is 0. The Bertz CT molecular complexity index is 69.1. The van der Waals surface area contributed by atoms with Gasteiger partial charge in [0.1, 0.15) is 0 Å². The number of hydrogen-bond donors (Lipinski definition) is 1. The molecular formula is C2HNaO6-2. The van der Waals surface area contributed by atoms with Crippen molar-refractivity contribution in [3.8, 4) is 0 Å². The molecule has 0 spiro atoms. The summed E-state index contributed by atoms with van der Waals surface area (Å²) in [6.45, 7) is 0. The summed E-state index contributed by atoms with van der Waals surface area (Å²) in [5.41, 5.74) is 0. The average molecular weight is 144 g/mol. The Hall–Kier alpha value is -0.460. The molecule has 0 aromatic heterocycles. The van der Waals surface area contributed by atoms with Gasteiger partial charge in [0.25, 0.3) is 0 Å². The minimum atomic E-state index is -2.33. The molecule has 0 atom stereocenters. The van der Waals surface area contributed by atoms with Crippen molar-refractivity contribution in [1.29, 1.82) is 0 Å². The third-order valence-electron chi connectivity index (χ3n) is 0. The predicted molar refractivity (Wildman–Crippen MR) is 13.4 cm³/mol. The summed E-state index contributed by atoms with van der Waals surface area (Å²) in [7, 11) is 0. The quantitative estimate of drug-likeness (QED) is 0.337. The van der Waals surface area contributed by atoms with E-state index < -0.39 is 12.3 Å². The normalized spacial score (nSPS) is 5.33. The van der Waals surface area contributed by atoms with E-state index in [0.717, 1.165) is 0 Å². The monoisotopic (exact) mass is 144 g/mol. The minimum absolute atomic E-state index is 0. The second kappa shape index (κ2) is 10.5. The molecule has 0 aromatic carbocycles. The number of carbonyl (C=O) groups is 2. The van der Waals surface area contributed by atoms with Crippen LogP contribution in [0.15, 0.2) is 0 Å². The van der Waals surface area contributed by atoms with Crippen LogP contribution in [0.3, 0.4) is 0 Å². The van der Waals surface area contributed by atoms with Crippen LogP contribution in [0.2, 0.25) is 0 Å². The van der Waals surface area contributed by atoms with Crippen LogP contribution in [0, 0.1) is 0 Å². The van der Waals surface area contributed by atoms with Gasteiger partial charge in [0.05, 0.1) is 0 Å². The van der Waals surface area contributed by atoms with Gasteiger partial charge in [0, 0.05) is 0 Å². The standard InChI is InChI=1S/2CH2O3.Na/c2*2-1(3)4;/h2*(H2,2,3,4);/q;;+1/p-3. The summed E-state index contributed by atoms with van der Waals surface area (Å²) in [6, 6.07) is 0. The van der Waals surface area contributed by atoms with Gasteiger partial charge in [0.2, 0.25) is 6.16 Å². The first-order valence-electron chi connectivity index (χ1n) is 1.24. The zero-order valence-electron chi connectivity index (χ0n) is 4.49. The molecule has 0 unspecified atom stereocenters. The first-order chi connectivity index (χ1) is 3.46. The molecule has 0 saturated heterocycles. The molecule has 48 valence electrons. The largest absolute Gasteiger partial charge is 1.00 e. The van der Waals surface area contributed by atoms with E-state index in [0.29, 0.717) is 0 Å². The molecule has 0 saturated carbocycles. The first-order valence-corrected chi connectivity index (χ1v) is 1.24. The predicted octanol–water partition coefficient (Wildman–Crippen LogP) is -6.56. The topological polar surface area (TPSA) is 124 Å². The zero-order chi connectivity index (χ0) is 7.15. The maximum atomic E-state index is 8.44. The second-order valence-corrected chi connectivity index (χ2v) is 0.516. The third-order valence-corrected chi connectivity index (χ3v) is 0. The van der Waals surface area contributed by atoms with E-state index in [-0.39, 0.29) is 29.6 Å². The maximum Gasteiger partial charge on any atom is 1.00 e. The maximum absolute atomic E-state index is 8.44. The molecule has 7 heteroatoms. The molecule has 0 radical (unpaired) electrons. The molecule has 9 heavy (non-hydrogen) atoms. The Morgan fingerprint density at radius 2 is 1.11 bits per heavy atom. The Morgan fingerprint density at radius 3 is 1.11 bits per heavy atom. The summed E-state index contributed by atoms with van der Waals surface area (Å²) >= 11 is 0. The number of carbonyl (C=O) groups excluding carboxylic acids is 1. The molecule has 0 aromatic rings. The van der Waals surface area contributed by atoms with Crippen molar-refractivity contribution in [3.05, 3.63) is 0 Å². The van der Waals surface area contributed by atoms with Gasteiger partial charge < -0.3 is 30.0 Å². The van der Waals surface area contributed by atoms with Crippen LogP contribution in [0.5, 0.6) is 0 Å². The molecule has 0 bridgehead atoms. The average Bonchev–Trinajstić information content (AvgIpc) is 1.25. The van der Waals surface area contributed by atoms with Crippen LogP contribution in [-0.2, 0) is 0 Å². The molecule has 0 fully saturated rings. The molecule has 0 aliphatic rings. The molecule has 0 rings (SSSR count). The SMILES string of the molecule is O=C([O-])O.O=C([O-])[O-].[Na+]. The van der Waals surface area contributed by atoms with Crippen LogP contribution < -0.4 is 44.9 Å². The van der Waals surface area contributed by atoms with Crippen LogP contribution >= 0.6 is 0 Å². The van der Waals surface area contributed by atoms with Crippen LogP contribution in [0.25, 0.3) is 0 Å². The molecule has 1 N–H and O–H groups in total. The van der Waals surface area contributed by atoms with Gasteiger partial charge in [-0.1, -0.05) is 0 Å². The van der Waals surface area contributed by atoms with Crippen molar-refractivity contribution < 1.29 is 59.6 Å². The number of hydrogen-bond acceptors (Lipinski definition) is 5. The summed E-state index contributed by atoms with van der Waals surface area (Å²) in [5, 5.41) is 32.0. The molecule has 0 aliphatic carbocycles. The number of rotatable bonds is 0. The number of carboxylic acid groups (broad SMARTS) is 4. The Balaban J connectivity index is -0.0000000720. The Morgan fingerprint density at radius 1 is 1.11 bits per heavy atom. The smallest absolute Gasteiger partial charge is 0.652 e. The fourth-order valence-electron chi connectivity index (χ4n) is 0. The van der Waals surface area contributed by atoms with Gasteiger partial charge in [-0.3, -0.25) is 0 Å². The summed E-state index contributed by atoms with van der Waals surface area (Å²) < 4.78 is 0. The van der Waals surface area contributed by atoms with E-state index in [1.165, 1.54) is 0 Å². The third kappa shape index (κ3) is 1090. The zero-order valence-corrected chi connectivity index (χ0v) is 6.49. The van der Waals surface area contributed by atoms with Gasteiger partial charge in [-0.25, -0.2) is 0 Å². The summed E-state index contributed by atoms with van der Waals surface area (Å²) in [6.07, 6.45) is -4.42. The van der Waals surface area contributed by atoms with Gasteiger partial charge >= 0.3 is 29.6 Å². The Labute approximate surface area is 72.0 Å².